The topological polar surface area (TPSA) is 66.5 Å². The van der Waals surface area contributed by atoms with Crippen LogP contribution in [0, 0.1) is 13.8 Å². The van der Waals surface area contributed by atoms with Gasteiger partial charge < -0.3 is 10.2 Å². The molecule has 0 unspecified atom stereocenters. The molecular formula is C30H26N2O3S. The maximum absolute atomic E-state index is 13.8. The summed E-state index contributed by atoms with van der Waals surface area (Å²) in [6.45, 7) is 4.72. The van der Waals surface area contributed by atoms with E-state index < -0.39 is 10.8 Å². The molecule has 6 heteroatoms. The molecule has 1 atom stereocenters. The predicted molar refractivity (Wildman–Crippen MR) is 142 cm³/mol. The Morgan fingerprint density at radius 1 is 0.861 bits per heavy atom. The molecule has 1 aliphatic rings. The standard InChI is InChI=1S/C30H26N2O3S/c1-20-12-13-21(2)24(16-20)19-32-26-17-23(29(33)31-18-22-8-4-3-5-9-22)14-15-28(26)36(35)27-11-7-6-10-25(27)30(32)34/h3-17H,18-19H2,1-2H3,(H,31,33)/t36-/m1/s1. The van der Waals surface area contributed by atoms with Crippen LogP contribution in [-0.4, -0.2) is 16.0 Å². The first-order valence-electron chi connectivity index (χ1n) is 11.8. The normalized spacial score (nSPS) is 14.6. The van der Waals surface area contributed by atoms with Crippen molar-refractivity contribution in [2.75, 3.05) is 4.90 Å². The number of nitrogens with one attached hydrogen (secondary N) is 1. The third-order valence-electron chi connectivity index (χ3n) is 6.40. The van der Waals surface area contributed by atoms with Crippen molar-refractivity contribution in [3.8, 4) is 0 Å². The van der Waals surface area contributed by atoms with Crippen LogP contribution in [0.1, 0.15) is 43.0 Å². The van der Waals surface area contributed by atoms with Gasteiger partial charge in [-0.25, -0.2) is 4.21 Å². The van der Waals surface area contributed by atoms with Gasteiger partial charge in [-0.15, -0.1) is 0 Å². The molecule has 0 aromatic heterocycles. The zero-order valence-electron chi connectivity index (χ0n) is 20.2. The molecule has 0 fully saturated rings. The fourth-order valence-corrected chi connectivity index (χ4v) is 5.73. The first-order valence-corrected chi connectivity index (χ1v) is 12.9. The van der Waals surface area contributed by atoms with Gasteiger partial charge in [-0.1, -0.05) is 66.2 Å². The summed E-state index contributed by atoms with van der Waals surface area (Å²) >= 11 is 0. The van der Waals surface area contributed by atoms with Gasteiger partial charge in [0.2, 0.25) is 0 Å². The molecular weight excluding hydrogens is 468 g/mol. The molecule has 5 rings (SSSR count). The highest BCUT2D eigenvalue weighted by atomic mass is 32.2. The van der Waals surface area contributed by atoms with Gasteiger partial charge in [0.05, 0.1) is 38.4 Å². The second-order valence-electron chi connectivity index (χ2n) is 8.94. The minimum absolute atomic E-state index is 0.236. The highest BCUT2D eigenvalue weighted by molar-refractivity contribution is 7.85. The molecule has 0 aliphatic carbocycles. The number of aryl methyl sites for hydroxylation is 2. The fourth-order valence-electron chi connectivity index (χ4n) is 4.38. The lowest BCUT2D eigenvalue weighted by Gasteiger charge is -2.24. The van der Waals surface area contributed by atoms with E-state index in [1.54, 1.807) is 47.4 Å². The number of rotatable bonds is 5. The zero-order valence-corrected chi connectivity index (χ0v) is 21.0. The summed E-state index contributed by atoms with van der Waals surface area (Å²) < 4.78 is 13.6. The molecule has 0 spiro atoms. The number of carbonyl (C=O) groups excluding carboxylic acids is 2. The number of amides is 2. The number of hydrogen-bond donors (Lipinski definition) is 1. The van der Waals surface area contributed by atoms with E-state index in [4.69, 9.17) is 0 Å². The van der Waals surface area contributed by atoms with Crippen molar-refractivity contribution in [2.45, 2.75) is 36.7 Å². The van der Waals surface area contributed by atoms with Crippen molar-refractivity contribution in [1.29, 1.82) is 0 Å². The SMILES string of the molecule is Cc1ccc(C)c(CN2C(=O)c3ccccc3[S@@](=O)c3ccc(C(=O)NCc4ccccc4)cc32)c1. The molecule has 4 aromatic rings. The summed E-state index contributed by atoms with van der Waals surface area (Å²) in [5.74, 6) is -0.492. The van der Waals surface area contributed by atoms with Gasteiger partial charge in [0.1, 0.15) is 0 Å². The molecule has 4 aromatic carbocycles. The zero-order chi connectivity index (χ0) is 25.2. The molecule has 0 bridgehead atoms. The minimum atomic E-state index is -1.57. The van der Waals surface area contributed by atoms with Crippen molar-refractivity contribution >= 4 is 28.3 Å². The number of benzene rings is 4. The Bertz CT molecular complexity index is 1500. The number of anilines is 1. The van der Waals surface area contributed by atoms with Gasteiger partial charge in [-0.05, 0) is 60.9 Å². The summed E-state index contributed by atoms with van der Waals surface area (Å²) in [5, 5.41) is 2.94. The van der Waals surface area contributed by atoms with Crippen LogP contribution in [0.2, 0.25) is 0 Å². The maximum atomic E-state index is 13.8. The Morgan fingerprint density at radius 2 is 1.61 bits per heavy atom. The second kappa shape index (κ2) is 9.91. The summed E-state index contributed by atoms with van der Waals surface area (Å²) in [6.07, 6.45) is 0. The van der Waals surface area contributed by atoms with Gasteiger partial charge >= 0.3 is 0 Å². The molecule has 2 amide bonds. The molecule has 36 heavy (non-hydrogen) atoms. The third kappa shape index (κ3) is 4.60. The van der Waals surface area contributed by atoms with Crippen LogP contribution in [0.3, 0.4) is 0 Å². The van der Waals surface area contributed by atoms with Crippen molar-refractivity contribution < 1.29 is 13.8 Å². The lowest BCUT2D eigenvalue weighted by atomic mass is 10.0. The average molecular weight is 495 g/mol. The summed E-state index contributed by atoms with van der Waals surface area (Å²) in [6, 6.07) is 27.9. The molecule has 1 aliphatic heterocycles. The lowest BCUT2D eigenvalue weighted by Crippen LogP contribution is -2.31. The molecule has 180 valence electrons. The number of fused-ring (bicyclic) bond motifs is 2. The van der Waals surface area contributed by atoms with Crippen molar-refractivity contribution in [1.82, 2.24) is 5.32 Å². The molecule has 0 saturated carbocycles. The predicted octanol–water partition coefficient (Wildman–Crippen LogP) is 5.56. The summed E-state index contributed by atoms with van der Waals surface area (Å²) in [4.78, 5) is 29.5. The highest BCUT2D eigenvalue weighted by Gasteiger charge is 2.31. The van der Waals surface area contributed by atoms with Gasteiger partial charge in [0, 0.05) is 12.1 Å². The van der Waals surface area contributed by atoms with E-state index in [1.165, 1.54) is 0 Å². The van der Waals surface area contributed by atoms with Crippen LogP contribution in [-0.2, 0) is 23.9 Å². The number of nitrogens with zero attached hydrogens (tertiary/aromatic N) is 1. The highest BCUT2D eigenvalue weighted by Crippen LogP contribution is 2.36. The van der Waals surface area contributed by atoms with Gasteiger partial charge in [-0.3, -0.25) is 9.59 Å². The Kier molecular flexibility index (Phi) is 6.53. The lowest BCUT2D eigenvalue weighted by molar-refractivity contribution is 0.0947. The van der Waals surface area contributed by atoms with Gasteiger partial charge in [0.25, 0.3) is 11.8 Å². The van der Waals surface area contributed by atoms with Crippen molar-refractivity contribution in [2.24, 2.45) is 0 Å². The molecule has 1 heterocycles. The van der Waals surface area contributed by atoms with E-state index in [0.717, 1.165) is 22.3 Å². The minimum Gasteiger partial charge on any atom is -0.348 e. The average Bonchev–Trinajstić information content (AvgIpc) is 2.99. The first kappa shape index (κ1) is 23.7. The van der Waals surface area contributed by atoms with E-state index in [9.17, 15) is 13.8 Å². The first-order chi connectivity index (χ1) is 17.4. The van der Waals surface area contributed by atoms with Crippen LogP contribution in [0.4, 0.5) is 5.69 Å². The number of carbonyl (C=O) groups is 2. The quantitative estimate of drug-likeness (QED) is 0.395. The van der Waals surface area contributed by atoms with Crippen LogP contribution >= 0.6 is 0 Å². The van der Waals surface area contributed by atoms with E-state index in [-0.39, 0.29) is 11.8 Å². The van der Waals surface area contributed by atoms with Crippen LogP contribution in [0.15, 0.2) is 101 Å². The Labute approximate surface area is 213 Å². The van der Waals surface area contributed by atoms with E-state index in [2.05, 4.69) is 11.4 Å². The Balaban J connectivity index is 1.57. The molecule has 0 radical (unpaired) electrons. The van der Waals surface area contributed by atoms with Gasteiger partial charge in [0.15, 0.2) is 0 Å². The Hall–Kier alpha value is -4.03. The largest absolute Gasteiger partial charge is 0.348 e. The van der Waals surface area contributed by atoms with Crippen LogP contribution in [0.5, 0.6) is 0 Å². The maximum Gasteiger partial charge on any atom is 0.259 e. The van der Waals surface area contributed by atoms with E-state index in [1.807, 2.05) is 56.3 Å². The third-order valence-corrected chi connectivity index (χ3v) is 7.90. The van der Waals surface area contributed by atoms with Crippen LogP contribution in [0.25, 0.3) is 0 Å². The molecule has 0 saturated heterocycles. The van der Waals surface area contributed by atoms with E-state index >= 15 is 0 Å². The second-order valence-corrected chi connectivity index (χ2v) is 10.4. The number of hydrogen-bond acceptors (Lipinski definition) is 3. The van der Waals surface area contributed by atoms with Crippen LogP contribution < -0.4 is 10.2 Å². The fraction of sp³-hybridized carbons (Fsp3) is 0.133. The Morgan fingerprint density at radius 3 is 2.42 bits per heavy atom. The summed E-state index contributed by atoms with van der Waals surface area (Å²) in [7, 11) is -1.57. The smallest absolute Gasteiger partial charge is 0.259 e. The van der Waals surface area contributed by atoms with E-state index in [0.29, 0.717) is 39.7 Å². The summed E-state index contributed by atoms with van der Waals surface area (Å²) in [5.41, 5.74) is 5.45. The van der Waals surface area contributed by atoms with Crippen molar-refractivity contribution in [3.63, 3.8) is 0 Å². The molecule has 1 N–H and O–H groups in total. The monoisotopic (exact) mass is 494 g/mol. The molecule has 5 nitrogen and oxygen atoms in total. The van der Waals surface area contributed by atoms with Crippen molar-refractivity contribution in [3.05, 3.63) is 124 Å². The van der Waals surface area contributed by atoms with Gasteiger partial charge in [-0.2, -0.15) is 0 Å².